The highest BCUT2D eigenvalue weighted by Crippen LogP contribution is 2.41. The van der Waals surface area contributed by atoms with E-state index in [1.807, 2.05) is 12.3 Å². The average molecular weight is 541 g/mol. The highest BCUT2D eigenvalue weighted by molar-refractivity contribution is 6.87. The number of allylic oxidation sites excluding steroid dienone is 5. The van der Waals surface area contributed by atoms with Crippen LogP contribution in [-0.2, 0) is 4.74 Å². The minimum absolute atomic E-state index is 0.0432. The second-order valence-electron chi connectivity index (χ2n) is 11.1. The zero-order valence-corrected chi connectivity index (χ0v) is 26.2. The molecule has 2 nitrogen and oxygen atoms in total. The second-order valence-corrected chi connectivity index (χ2v) is 20.9. The van der Waals surface area contributed by atoms with Crippen LogP contribution in [0.3, 0.4) is 0 Å². The minimum atomic E-state index is -1.65. The molecule has 1 aromatic heterocycles. The van der Waals surface area contributed by atoms with Crippen LogP contribution in [0.25, 0.3) is 12.2 Å². The Morgan fingerprint density at radius 2 is 1.58 bits per heavy atom. The van der Waals surface area contributed by atoms with Crippen molar-refractivity contribution in [2.75, 3.05) is 0 Å². The van der Waals surface area contributed by atoms with Crippen LogP contribution in [0.5, 0.6) is 0 Å². The third-order valence-electron chi connectivity index (χ3n) is 9.46. The van der Waals surface area contributed by atoms with Crippen LogP contribution in [-0.4, -0.2) is 22.3 Å². The molecular formula is C34H44O2Si2. The lowest BCUT2D eigenvalue weighted by Crippen LogP contribution is -2.35. The smallest absolute Gasteiger partial charge is 0.138 e. The summed E-state index contributed by atoms with van der Waals surface area (Å²) in [6, 6.07) is 9.21. The van der Waals surface area contributed by atoms with Gasteiger partial charge in [-0.15, -0.1) is 17.0 Å². The molecule has 2 unspecified atom stereocenters. The summed E-state index contributed by atoms with van der Waals surface area (Å²) in [5.41, 5.74) is 13.3. The Kier molecular flexibility index (Phi) is 8.97. The lowest BCUT2D eigenvalue weighted by atomic mass is 9.80. The number of rotatable bonds is 6. The molecule has 2 heterocycles. The van der Waals surface area contributed by atoms with E-state index in [0.29, 0.717) is 0 Å². The quantitative estimate of drug-likeness (QED) is 0.279. The first-order valence-corrected chi connectivity index (χ1v) is 19.9. The Hall–Kier alpha value is -2.67. The number of furan rings is 1. The summed E-state index contributed by atoms with van der Waals surface area (Å²) in [5.74, 6) is 7.81. The number of hydrogen-bond donors (Lipinski definition) is 0. The zero-order valence-electron chi connectivity index (χ0n) is 24.2. The molecule has 0 amide bonds. The normalized spacial score (nSPS) is 23.3. The molecule has 200 valence electrons. The molecule has 0 saturated carbocycles. The second kappa shape index (κ2) is 12.0. The lowest BCUT2D eigenvalue weighted by molar-refractivity contribution is 0.102. The largest absolute Gasteiger partial charge is 0.496 e. The molecule has 1 aromatic rings. The molecule has 0 N–H and O–H groups in total. The van der Waals surface area contributed by atoms with Gasteiger partial charge in [0.1, 0.15) is 27.7 Å². The average Bonchev–Trinajstić information content (AvgIpc) is 3.35. The van der Waals surface area contributed by atoms with Crippen LogP contribution in [0.1, 0.15) is 48.0 Å². The summed E-state index contributed by atoms with van der Waals surface area (Å²) in [6.07, 6.45) is 13.2. The molecule has 0 saturated heterocycles. The Bertz CT molecular complexity index is 1370. The van der Waals surface area contributed by atoms with Gasteiger partial charge < -0.3 is 9.15 Å². The maximum atomic E-state index is 6.47. The van der Waals surface area contributed by atoms with E-state index in [2.05, 4.69) is 95.3 Å². The van der Waals surface area contributed by atoms with Gasteiger partial charge in [0, 0.05) is 23.1 Å². The molecule has 3 aliphatic rings. The molecule has 3 atom stereocenters. The summed E-state index contributed by atoms with van der Waals surface area (Å²) < 4.78 is 12.4. The lowest BCUT2D eigenvalue weighted by Gasteiger charge is -2.29. The molecule has 4 rings (SSSR count). The molecule has 0 fully saturated rings. The van der Waals surface area contributed by atoms with Crippen molar-refractivity contribution in [3.63, 3.8) is 0 Å². The standard InChI is InChI=1S/C34H44O2Si2/c1-8-37(9-2,10-3)20-16-29-28-22-26(7)14-18-36-34(24-28)30(17-21-38(11-4,12-5)13-6)31-23-27-15-19-35-33(27)25-32(29)31/h14-15,18-19,22-23,25,30-31,34H,7-13,24H2,1-6H3/b18-14-,28-22?/t30-,31?,34?/m0/s1. The zero-order chi connectivity index (χ0) is 27.3. The van der Waals surface area contributed by atoms with Gasteiger partial charge in [-0.25, -0.2) is 0 Å². The van der Waals surface area contributed by atoms with E-state index >= 15 is 0 Å². The van der Waals surface area contributed by atoms with Crippen LogP contribution in [0.15, 0.2) is 64.0 Å². The maximum absolute atomic E-state index is 6.47. The molecule has 4 heteroatoms. The first-order chi connectivity index (χ1) is 18.4. The Morgan fingerprint density at radius 1 is 0.921 bits per heavy atom. The Balaban J connectivity index is 2.01. The molecule has 2 aliphatic carbocycles. The summed E-state index contributed by atoms with van der Waals surface area (Å²) in [4.78, 5) is 0. The summed E-state index contributed by atoms with van der Waals surface area (Å²) in [7, 11) is -3.27. The summed E-state index contributed by atoms with van der Waals surface area (Å²) in [5, 5.41) is 1.14. The topological polar surface area (TPSA) is 22.4 Å². The first-order valence-electron chi connectivity index (χ1n) is 14.7. The van der Waals surface area contributed by atoms with Gasteiger partial charge in [-0.2, -0.15) is 0 Å². The van der Waals surface area contributed by atoms with Gasteiger partial charge in [0.15, 0.2) is 0 Å². The SMILES string of the molecule is C=C1C=C2CC(O/C=C\1)[C@@H](C#C[Si](CC)(CC)CC)C1C=c3ccoc3=CC1=C2C#C[Si](CC)(CC)CC. The molecule has 2 bridgehead atoms. The summed E-state index contributed by atoms with van der Waals surface area (Å²) >= 11 is 0. The van der Waals surface area contributed by atoms with E-state index in [1.165, 1.54) is 47.4 Å². The van der Waals surface area contributed by atoms with E-state index in [9.17, 15) is 0 Å². The highest BCUT2D eigenvalue weighted by atomic mass is 28.3. The van der Waals surface area contributed by atoms with Crippen LogP contribution in [0.4, 0.5) is 0 Å². The predicted octanol–water partition coefficient (Wildman–Crippen LogP) is 7.28. The van der Waals surface area contributed by atoms with Crippen molar-refractivity contribution in [3.05, 3.63) is 70.2 Å². The van der Waals surface area contributed by atoms with Gasteiger partial charge in [-0.3, -0.25) is 0 Å². The predicted molar refractivity (Wildman–Crippen MR) is 167 cm³/mol. The van der Waals surface area contributed by atoms with Crippen LogP contribution in [0.2, 0.25) is 36.3 Å². The highest BCUT2D eigenvalue weighted by Gasteiger charge is 2.38. The van der Waals surface area contributed by atoms with Crippen molar-refractivity contribution < 1.29 is 9.15 Å². The van der Waals surface area contributed by atoms with E-state index in [1.54, 1.807) is 6.26 Å². The van der Waals surface area contributed by atoms with E-state index in [4.69, 9.17) is 9.15 Å². The van der Waals surface area contributed by atoms with Crippen molar-refractivity contribution in [2.24, 2.45) is 11.8 Å². The third kappa shape index (κ3) is 5.54. The first kappa shape index (κ1) is 28.3. The van der Waals surface area contributed by atoms with Gasteiger partial charge in [0.25, 0.3) is 0 Å². The van der Waals surface area contributed by atoms with Gasteiger partial charge in [0.2, 0.25) is 0 Å². The fourth-order valence-electron chi connectivity index (χ4n) is 6.07. The van der Waals surface area contributed by atoms with Gasteiger partial charge in [-0.1, -0.05) is 66.2 Å². The van der Waals surface area contributed by atoms with E-state index in [-0.39, 0.29) is 17.9 Å². The molecular weight excluding hydrogens is 497 g/mol. The van der Waals surface area contributed by atoms with E-state index in [0.717, 1.165) is 28.2 Å². The monoisotopic (exact) mass is 540 g/mol. The fraction of sp³-hybridized carbons (Fsp3) is 0.471. The van der Waals surface area contributed by atoms with E-state index < -0.39 is 16.1 Å². The Morgan fingerprint density at radius 3 is 2.24 bits per heavy atom. The third-order valence-corrected chi connectivity index (χ3v) is 18.9. The number of fused-ring (bicyclic) bond motifs is 4. The molecule has 38 heavy (non-hydrogen) atoms. The Labute approximate surface area is 232 Å². The van der Waals surface area contributed by atoms with Crippen molar-refractivity contribution >= 4 is 28.3 Å². The number of ether oxygens (including phenoxy) is 1. The summed E-state index contributed by atoms with van der Waals surface area (Å²) in [6.45, 7) is 18.2. The van der Waals surface area contributed by atoms with Crippen molar-refractivity contribution in [3.8, 4) is 22.9 Å². The molecule has 0 radical (unpaired) electrons. The van der Waals surface area contributed by atoms with Gasteiger partial charge in [0.05, 0.1) is 18.4 Å². The van der Waals surface area contributed by atoms with Crippen molar-refractivity contribution in [2.45, 2.75) is 90.3 Å². The molecule has 0 aromatic carbocycles. The van der Waals surface area contributed by atoms with Crippen molar-refractivity contribution in [1.82, 2.24) is 0 Å². The van der Waals surface area contributed by atoms with Crippen LogP contribution < -0.4 is 10.6 Å². The van der Waals surface area contributed by atoms with Crippen molar-refractivity contribution in [1.29, 1.82) is 0 Å². The van der Waals surface area contributed by atoms with Gasteiger partial charge in [-0.05, 0) is 71.2 Å². The number of hydrogen-bond acceptors (Lipinski definition) is 2. The molecule has 1 aliphatic heterocycles. The fourth-order valence-corrected chi connectivity index (χ4v) is 11.0. The molecule has 0 spiro atoms. The maximum Gasteiger partial charge on any atom is 0.138 e. The van der Waals surface area contributed by atoms with Gasteiger partial charge >= 0.3 is 0 Å². The minimum Gasteiger partial charge on any atom is -0.496 e. The van der Waals surface area contributed by atoms with Crippen LogP contribution >= 0.6 is 0 Å². The van der Waals surface area contributed by atoms with Crippen LogP contribution in [0, 0.1) is 34.8 Å².